The first-order valence-electron chi connectivity index (χ1n) is 5.10. The molecule has 106 valence electrons. The number of carbonyl (C=O) groups is 1. The van der Waals surface area contributed by atoms with Crippen molar-refractivity contribution in [1.29, 1.82) is 0 Å². The van der Waals surface area contributed by atoms with Gasteiger partial charge in [-0.1, -0.05) is 9.59 Å². The second kappa shape index (κ2) is 5.79. The Hall–Kier alpha value is -2.27. The Kier molecular flexibility index (Phi) is 4.10. The highest BCUT2D eigenvalue weighted by Crippen LogP contribution is 2.19. The first-order chi connectivity index (χ1) is 9.47. The van der Waals surface area contributed by atoms with Crippen molar-refractivity contribution in [2.45, 2.75) is 4.90 Å². The smallest absolute Gasteiger partial charge is 0.341 e. The monoisotopic (exact) mass is 316 g/mol. The van der Waals surface area contributed by atoms with Crippen LogP contribution in [-0.4, -0.2) is 40.9 Å². The van der Waals surface area contributed by atoms with Gasteiger partial charge in [-0.15, -0.1) is 0 Å². The average Bonchev–Trinajstić information content (AvgIpc) is 2.89. The van der Waals surface area contributed by atoms with Gasteiger partial charge in [0, 0.05) is 11.5 Å². The number of aliphatic carboxylic acids is 1. The fraction of sp³-hybridized carbons (Fsp3) is 0.111. The van der Waals surface area contributed by atoms with Crippen molar-refractivity contribution < 1.29 is 23.1 Å². The highest BCUT2D eigenvalue weighted by Gasteiger charge is 2.16. The molecular weight excluding hydrogens is 308 g/mol. The molecule has 0 bridgehead atoms. The molecule has 2 rings (SSSR count). The summed E-state index contributed by atoms with van der Waals surface area (Å²) in [5, 5.41) is 15.2. The fourth-order valence-electron chi connectivity index (χ4n) is 1.21. The maximum atomic E-state index is 11.9. The lowest BCUT2D eigenvalue weighted by atomic mass is 10.3. The Morgan fingerprint density at radius 2 is 2.05 bits per heavy atom. The molecule has 0 saturated carbocycles. The predicted octanol–water partition coefficient (Wildman–Crippen LogP) is 0.197. The van der Waals surface area contributed by atoms with Gasteiger partial charge in [0.05, 0.1) is 4.90 Å². The second-order valence-electron chi connectivity index (χ2n) is 3.43. The molecular formula is C9H8N4O5S2. The van der Waals surface area contributed by atoms with Crippen LogP contribution in [0.25, 0.3) is 0 Å². The minimum absolute atomic E-state index is 0.0182. The molecule has 20 heavy (non-hydrogen) atoms. The van der Waals surface area contributed by atoms with E-state index in [1.165, 1.54) is 24.3 Å². The number of hydrogen-bond donors (Lipinski definition) is 2. The maximum Gasteiger partial charge on any atom is 0.341 e. The Balaban J connectivity index is 2.10. The van der Waals surface area contributed by atoms with Gasteiger partial charge in [0.25, 0.3) is 10.0 Å². The van der Waals surface area contributed by atoms with Crippen molar-refractivity contribution >= 4 is 32.7 Å². The maximum absolute atomic E-state index is 11.9. The Labute approximate surface area is 117 Å². The molecule has 0 aliphatic heterocycles. The second-order valence-corrected chi connectivity index (χ2v) is 5.84. The molecule has 11 heteroatoms. The van der Waals surface area contributed by atoms with Crippen LogP contribution in [0.5, 0.6) is 5.75 Å². The molecule has 1 heterocycles. The number of carboxylic acid groups (broad SMARTS) is 1. The van der Waals surface area contributed by atoms with Crippen LogP contribution in [0, 0.1) is 0 Å². The van der Waals surface area contributed by atoms with Crippen LogP contribution < -0.4 is 9.46 Å². The summed E-state index contributed by atoms with van der Waals surface area (Å²) in [5.41, 5.74) is 0. The largest absolute Gasteiger partial charge is 0.482 e. The molecule has 1 aromatic heterocycles. The zero-order valence-electron chi connectivity index (χ0n) is 9.75. The minimum Gasteiger partial charge on any atom is -0.482 e. The molecule has 0 saturated heterocycles. The van der Waals surface area contributed by atoms with E-state index in [-0.39, 0.29) is 15.8 Å². The average molecular weight is 316 g/mol. The number of sulfonamides is 1. The molecule has 0 aliphatic carbocycles. The van der Waals surface area contributed by atoms with Gasteiger partial charge in [-0.2, -0.15) is 0 Å². The zero-order chi connectivity index (χ0) is 14.6. The molecule has 0 fully saturated rings. The lowest BCUT2D eigenvalue weighted by Gasteiger charge is -2.06. The molecule has 0 radical (unpaired) electrons. The van der Waals surface area contributed by atoms with Crippen molar-refractivity contribution in [3.8, 4) is 5.75 Å². The Morgan fingerprint density at radius 3 is 2.60 bits per heavy atom. The van der Waals surface area contributed by atoms with E-state index in [1.807, 2.05) is 0 Å². The minimum atomic E-state index is -3.79. The van der Waals surface area contributed by atoms with Gasteiger partial charge in [-0.3, -0.25) is 4.72 Å². The number of carboxylic acids is 1. The molecule has 0 amide bonds. The molecule has 9 nitrogen and oxygen atoms in total. The number of aromatic nitrogens is 3. The zero-order valence-corrected chi connectivity index (χ0v) is 11.4. The van der Waals surface area contributed by atoms with Crippen LogP contribution in [0.3, 0.4) is 0 Å². The molecule has 2 aromatic rings. The summed E-state index contributed by atoms with van der Waals surface area (Å²) in [6.07, 6.45) is 0. The van der Waals surface area contributed by atoms with Crippen LogP contribution in [0.2, 0.25) is 0 Å². The topological polar surface area (TPSA) is 131 Å². The van der Waals surface area contributed by atoms with Crippen LogP contribution >= 0.6 is 11.5 Å². The number of rotatable bonds is 6. The van der Waals surface area contributed by atoms with Crippen molar-refractivity contribution in [1.82, 2.24) is 14.8 Å². The summed E-state index contributed by atoms with van der Waals surface area (Å²) in [7, 11) is -3.79. The standard InChI is InChI=1S/C9H8N4O5S2/c14-8(15)5-18-6-1-3-7(4-2-6)20(16,17)11-9-10-12-13-19-9/h1-4H,5H2,(H,14,15)(H,10,11,13). The summed E-state index contributed by atoms with van der Waals surface area (Å²) in [6, 6.07) is 5.29. The van der Waals surface area contributed by atoms with Gasteiger partial charge >= 0.3 is 5.97 Å². The van der Waals surface area contributed by atoms with Crippen LogP contribution in [-0.2, 0) is 14.8 Å². The fourth-order valence-corrected chi connectivity index (χ4v) is 2.79. The number of anilines is 1. The summed E-state index contributed by atoms with van der Waals surface area (Å²) < 4.78 is 34.4. The van der Waals surface area contributed by atoms with Crippen molar-refractivity contribution in [2.24, 2.45) is 0 Å². The summed E-state index contributed by atoms with van der Waals surface area (Å²) >= 11 is 0.806. The van der Waals surface area contributed by atoms with Gasteiger partial charge in [-0.25, -0.2) is 13.2 Å². The normalized spacial score (nSPS) is 11.0. The molecule has 0 spiro atoms. The lowest BCUT2D eigenvalue weighted by Crippen LogP contribution is -2.13. The molecule has 1 aromatic carbocycles. The summed E-state index contributed by atoms with van der Waals surface area (Å²) in [5.74, 6) is -0.865. The SMILES string of the molecule is O=C(O)COc1ccc(S(=O)(=O)Nc2nnns2)cc1. The van der Waals surface area contributed by atoms with E-state index >= 15 is 0 Å². The molecule has 0 atom stereocenters. The van der Waals surface area contributed by atoms with E-state index in [4.69, 9.17) is 9.84 Å². The van der Waals surface area contributed by atoms with Crippen LogP contribution in [0.15, 0.2) is 29.2 Å². The third kappa shape index (κ3) is 3.61. The quantitative estimate of drug-likeness (QED) is 0.772. The van der Waals surface area contributed by atoms with E-state index in [2.05, 4.69) is 19.5 Å². The summed E-state index contributed by atoms with van der Waals surface area (Å²) in [6.45, 7) is -0.499. The Bertz CT molecular complexity index is 684. The number of benzene rings is 1. The van der Waals surface area contributed by atoms with Gasteiger partial charge in [0.15, 0.2) is 6.61 Å². The molecule has 0 unspecified atom stereocenters. The molecule has 0 aliphatic rings. The van der Waals surface area contributed by atoms with E-state index in [1.54, 1.807) is 0 Å². The highest BCUT2D eigenvalue weighted by molar-refractivity contribution is 7.93. The third-order valence-electron chi connectivity index (χ3n) is 2.02. The van der Waals surface area contributed by atoms with E-state index < -0.39 is 22.6 Å². The summed E-state index contributed by atoms with van der Waals surface area (Å²) in [4.78, 5) is 10.3. The van der Waals surface area contributed by atoms with E-state index in [0.717, 1.165) is 11.5 Å². The van der Waals surface area contributed by atoms with Crippen LogP contribution in [0.1, 0.15) is 0 Å². The van der Waals surface area contributed by atoms with Crippen LogP contribution in [0.4, 0.5) is 5.13 Å². The van der Waals surface area contributed by atoms with Crippen molar-refractivity contribution in [2.75, 3.05) is 11.3 Å². The van der Waals surface area contributed by atoms with Crippen molar-refractivity contribution in [3.63, 3.8) is 0 Å². The first kappa shape index (κ1) is 14.1. The third-order valence-corrected chi connectivity index (χ3v) is 4.01. The number of ether oxygens (including phenoxy) is 1. The van der Waals surface area contributed by atoms with Gasteiger partial charge in [0.2, 0.25) is 5.13 Å². The number of nitrogens with one attached hydrogen (secondary N) is 1. The highest BCUT2D eigenvalue weighted by atomic mass is 32.2. The number of nitrogens with zero attached hydrogens (tertiary/aromatic N) is 3. The van der Waals surface area contributed by atoms with Gasteiger partial charge in [0.1, 0.15) is 5.75 Å². The Morgan fingerprint density at radius 1 is 1.35 bits per heavy atom. The molecule has 2 N–H and O–H groups in total. The van der Waals surface area contributed by atoms with Gasteiger partial charge < -0.3 is 9.84 Å². The number of hydrogen-bond acceptors (Lipinski definition) is 8. The van der Waals surface area contributed by atoms with E-state index in [0.29, 0.717) is 0 Å². The van der Waals surface area contributed by atoms with E-state index in [9.17, 15) is 13.2 Å². The van der Waals surface area contributed by atoms with Gasteiger partial charge in [-0.05, 0) is 29.5 Å². The lowest BCUT2D eigenvalue weighted by molar-refractivity contribution is -0.139. The van der Waals surface area contributed by atoms with Crippen molar-refractivity contribution in [3.05, 3.63) is 24.3 Å². The predicted molar refractivity (Wildman–Crippen MR) is 68.1 cm³/mol. The first-order valence-corrected chi connectivity index (χ1v) is 7.35.